The van der Waals surface area contributed by atoms with E-state index in [1.54, 1.807) is 13.2 Å². The SMILES string of the molecule is COCCCNC(=S)Nc1nc(OC)cc(Oc2ccccc2)n1. The fourth-order valence-corrected chi connectivity index (χ4v) is 1.98. The number of thiocarbonyl (C=S) groups is 1. The predicted molar refractivity (Wildman–Crippen MR) is 95.8 cm³/mol. The first-order valence-corrected chi connectivity index (χ1v) is 7.82. The van der Waals surface area contributed by atoms with Crippen molar-refractivity contribution in [2.45, 2.75) is 6.42 Å². The summed E-state index contributed by atoms with van der Waals surface area (Å²) in [5.41, 5.74) is 0. The summed E-state index contributed by atoms with van der Waals surface area (Å²) >= 11 is 5.21. The van der Waals surface area contributed by atoms with Crippen LogP contribution in [0.4, 0.5) is 5.95 Å². The van der Waals surface area contributed by atoms with Gasteiger partial charge in [0.1, 0.15) is 5.75 Å². The van der Waals surface area contributed by atoms with E-state index in [1.807, 2.05) is 30.3 Å². The van der Waals surface area contributed by atoms with Crippen LogP contribution in [-0.2, 0) is 4.74 Å². The molecule has 0 unspecified atom stereocenters. The van der Waals surface area contributed by atoms with Gasteiger partial charge in [0.05, 0.1) is 13.2 Å². The Balaban J connectivity index is 2.01. The number of benzene rings is 1. The van der Waals surface area contributed by atoms with Crippen LogP contribution in [0.3, 0.4) is 0 Å². The molecule has 1 aromatic heterocycles. The molecule has 0 saturated heterocycles. The second kappa shape index (κ2) is 9.64. The van der Waals surface area contributed by atoms with Crippen molar-refractivity contribution >= 4 is 23.3 Å². The quantitative estimate of drug-likeness (QED) is 0.557. The van der Waals surface area contributed by atoms with Gasteiger partial charge in [-0.15, -0.1) is 0 Å². The third-order valence-corrected chi connectivity index (χ3v) is 3.14. The van der Waals surface area contributed by atoms with Crippen LogP contribution in [0.5, 0.6) is 17.5 Å². The standard InChI is InChI=1S/C16H20N4O3S/c1-21-10-6-9-17-16(24)20-15-18-13(22-2)11-14(19-15)23-12-7-4-3-5-8-12/h3-5,7-8,11H,6,9-10H2,1-2H3,(H2,17,18,19,20,24). The Morgan fingerprint density at radius 1 is 1.12 bits per heavy atom. The molecule has 2 N–H and O–H groups in total. The van der Waals surface area contributed by atoms with E-state index in [2.05, 4.69) is 20.6 Å². The Morgan fingerprint density at radius 3 is 2.58 bits per heavy atom. The molecule has 8 heteroatoms. The van der Waals surface area contributed by atoms with E-state index in [-0.39, 0.29) is 0 Å². The van der Waals surface area contributed by atoms with Crippen molar-refractivity contribution in [3.63, 3.8) is 0 Å². The van der Waals surface area contributed by atoms with Crippen molar-refractivity contribution in [2.75, 3.05) is 32.7 Å². The van der Waals surface area contributed by atoms with Gasteiger partial charge in [-0.3, -0.25) is 0 Å². The number of rotatable bonds is 8. The van der Waals surface area contributed by atoms with Crippen LogP contribution in [0.1, 0.15) is 6.42 Å². The molecule has 0 aliphatic heterocycles. The summed E-state index contributed by atoms with van der Waals surface area (Å²) < 4.78 is 15.9. The van der Waals surface area contributed by atoms with Gasteiger partial charge in [-0.2, -0.15) is 9.97 Å². The van der Waals surface area contributed by atoms with Gasteiger partial charge in [0.2, 0.25) is 17.7 Å². The Bertz CT molecular complexity index is 655. The number of para-hydroxylation sites is 1. The molecule has 24 heavy (non-hydrogen) atoms. The molecule has 1 aromatic carbocycles. The topological polar surface area (TPSA) is 77.5 Å². The number of anilines is 1. The molecule has 0 spiro atoms. The minimum Gasteiger partial charge on any atom is -0.481 e. The summed E-state index contributed by atoms with van der Waals surface area (Å²) in [4.78, 5) is 8.49. The Hall–Kier alpha value is -2.45. The number of hydrogen-bond acceptors (Lipinski definition) is 6. The minimum atomic E-state index is 0.296. The molecule has 0 amide bonds. The number of hydrogen-bond donors (Lipinski definition) is 2. The maximum Gasteiger partial charge on any atom is 0.235 e. The lowest BCUT2D eigenvalue weighted by Gasteiger charge is -2.11. The maximum atomic E-state index is 5.70. The molecule has 0 atom stereocenters. The first-order valence-electron chi connectivity index (χ1n) is 7.41. The van der Waals surface area contributed by atoms with Crippen LogP contribution < -0.4 is 20.1 Å². The van der Waals surface area contributed by atoms with Gasteiger partial charge in [0.15, 0.2) is 5.11 Å². The van der Waals surface area contributed by atoms with E-state index in [9.17, 15) is 0 Å². The Kier molecular flexibility index (Phi) is 7.19. The van der Waals surface area contributed by atoms with Crippen molar-refractivity contribution < 1.29 is 14.2 Å². The van der Waals surface area contributed by atoms with Crippen LogP contribution in [0.15, 0.2) is 36.4 Å². The molecule has 0 saturated carbocycles. The third kappa shape index (κ3) is 5.98. The van der Waals surface area contributed by atoms with Crippen molar-refractivity contribution in [1.29, 1.82) is 0 Å². The van der Waals surface area contributed by atoms with E-state index in [1.165, 1.54) is 7.11 Å². The minimum absolute atomic E-state index is 0.296. The van der Waals surface area contributed by atoms with Crippen molar-refractivity contribution in [1.82, 2.24) is 15.3 Å². The van der Waals surface area contributed by atoms with Crippen LogP contribution in [0, 0.1) is 0 Å². The van der Waals surface area contributed by atoms with Crippen molar-refractivity contribution in [3.05, 3.63) is 36.4 Å². The molecule has 0 aliphatic carbocycles. The predicted octanol–water partition coefficient (Wildman–Crippen LogP) is 2.60. The zero-order valence-corrected chi connectivity index (χ0v) is 14.4. The highest BCUT2D eigenvalue weighted by Crippen LogP contribution is 2.23. The van der Waals surface area contributed by atoms with E-state index in [0.29, 0.717) is 41.7 Å². The largest absolute Gasteiger partial charge is 0.481 e. The number of nitrogens with one attached hydrogen (secondary N) is 2. The van der Waals surface area contributed by atoms with Crippen LogP contribution >= 0.6 is 12.2 Å². The van der Waals surface area contributed by atoms with E-state index >= 15 is 0 Å². The van der Waals surface area contributed by atoms with Crippen molar-refractivity contribution in [3.8, 4) is 17.5 Å². The number of methoxy groups -OCH3 is 2. The van der Waals surface area contributed by atoms with E-state index < -0.39 is 0 Å². The average molecular weight is 348 g/mol. The first-order chi connectivity index (χ1) is 11.7. The van der Waals surface area contributed by atoms with Gasteiger partial charge in [-0.05, 0) is 30.8 Å². The smallest absolute Gasteiger partial charge is 0.235 e. The second-order valence-electron chi connectivity index (χ2n) is 4.71. The highest BCUT2D eigenvalue weighted by molar-refractivity contribution is 7.80. The molecule has 0 fully saturated rings. The Labute approximate surface area is 146 Å². The maximum absolute atomic E-state index is 5.70. The molecule has 2 rings (SSSR count). The zero-order valence-electron chi connectivity index (χ0n) is 13.6. The van der Waals surface area contributed by atoms with E-state index in [4.69, 9.17) is 26.4 Å². The zero-order chi connectivity index (χ0) is 17.2. The molecule has 1 heterocycles. The van der Waals surface area contributed by atoms with Crippen LogP contribution in [-0.4, -0.2) is 42.5 Å². The summed E-state index contributed by atoms with van der Waals surface area (Å²) in [5.74, 6) is 1.70. The lowest BCUT2D eigenvalue weighted by Crippen LogP contribution is -2.30. The number of nitrogens with zero attached hydrogens (tertiary/aromatic N) is 2. The highest BCUT2D eigenvalue weighted by Gasteiger charge is 2.08. The summed E-state index contributed by atoms with van der Waals surface area (Å²) in [6, 6.07) is 11.0. The van der Waals surface area contributed by atoms with Gasteiger partial charge < -0.3 is 24.8 Å². The van der Waals surface area contributed by atoms with Crippen LogP contribution in [0.2, 0.25) is 0 Å². The first kappa shape index (κ1) is 17.9. The van der Waals surface area contributed by atoms with E-state index in [0.717, 1.165) is 6.42 Å². The lowest BCUT2D eigenvalue weighted by atomic mass is 10.3. The molecule has 128 valence electrons. The summed E-state index contributed by atoms with van der Waals surface area (Å²) in [6.07, 6.45) is 0.847. The molecule has 2 aromatic rings. The van der Waals surface area contributed by atoms with Gasteiger partial charge >= 0.3 is 0 Å². The van der Waals surface area contributed by atoms with Gasteiger partial charge in [-0.25, -0.2) is 0 Å². The molecular weight excluding hydrogens is 328 g/mol. The summed E-state index contributed by atoms with van der Waals surface area (Å²) in [6.45, 7) is 1.36. The monoisotopic (exact) mass is 348 g/mol. The fourth-order valence-electron chi connectivity index (χ4n) is 1.79. The lowest BCUT2D eigenvalue weighted by molar-refractivity contribution is 0.196. The second-order valence-corrected chi connectivity index (χ2v) is 5.12. The summed E-state index contributed by atoms with van der Waals surface area (Å²) in [7, 11) is 3.19. The third-order valence-electron chi connectivity index (χ3n) is 2.89. The van der Waals surface area contributed by atoms with Crippen molar-refractivity contribution in [2.24, 2.45) is 0 Å². The molecular formula is C16H20N4O3S. The normalized spacial score (nSPS) is 10.1. The molecule has 7 nitrogen and oxygen atoms in total. The number of ether oxygens (including phenoxy) is 3. The van der Waals surface area contributed by atoms with Crippen LogP contribution in [0.25, 0.3) is 0 Å². The highest BCUT2D eigenvalue weighted by atomic mass is 32.1. The summed E-state index contributed by atoms with van der Waals surface area (Å²) in [5, 5.41) is 6.39. The molecule has 0 bridgehead atoms. The molecule has 0 radical (unpaired) electrons. The fraction of sp³-hybridized carbons (Fsp3) is 0.312. The number of aromatic nitrogens is 2. The molecule has 0 aliphatic rings. The van der Waals surface area contributed by atoms with Gasteiger partial charge in [-0.1, -0.05) is 18.2 Å². The average Bonchev–Trinajstić information content (AvgIpc) is 2.59. The van der Waals surface area contributed by atoms with Gasteiger partial charge in [0.25, 0.3) is 0 Å². The Morgan fingerprint density at radius 2 is 1.88 bits per heavy atom. The van der Waals surface area contributed by atoms with Gasteiger partial charge in [0, 0.05) is 20.3 Å².